The van der Waals surface area contributed by atoms with E-state index in [2.05, 4.69) is 9.71 Å². The minimum absolute atomic E-state index is 0.332. The Bertz CT molecular complexity index is 1010. The lowest BCUT2D eigenvalue weighted by atomic mass is 10.1. The van der Waals surface area contributed by atoms with Gasteiger partial charge in [0.05, 0.1) is 12.0 Å². The Kier molecular flexibility index (Phi) is 4.83. The molecule has 0 bridgehead atoms. The van der Waals surface area contributed by atoms with E-state index in [1.54, 1.807) is 13.2 Å². The number of sulfonamides is 1. The van der Waals surface area contributed by atoms with Crippen LogP contribution in [0.2, 0.25) is 0 Å². The Labute approximate surface area is 148 Å². The Morgan fingerprint density at radius 2 is 1.92 bits per heavy atom. The van der Waals surface area contributed by atoms with E-state index in [1.165, 1.54) is 0 Å². The molecule has 0 aliphatic heterocycles. The monoisotopic (exact) mass is 358 g/mol. The summed E-state index contributed by atoms with van der Waals surface area (Å²) in [5.74, 6) is 0.782. The first-order valence-corrected chi connectivity index (χ1v) is 9.60. The van der Waals surface area contributed by atoms with Crippen molar-refractivity contribution in [1.29, 1.82) is 0 Å². The van der Waals surface area contributed by atoms with Crippen LogP contribution < -0.4 is 9.46 Å². The maximum absolute atomic E-state index is 12.5. The highest BCUT2D eigenvalue weighted by Crippen LogP contribution is 2.24. The van der Waals surface area contributed by atoms with Gasteiger partial charge in [-0.25, -0.2) is 13.1 Å². The van der Waals surface area contributed by atoms with Crippen LogP contribution in [0.3, 0.4) is 0 Å². The standard InChI is InChI=1S/C19H22N2O3S/c1-13-4-7-19(14(2)10-13)25(22,23)21-9-8-15-12-20-18-6-5-16(24-3)11-17(15)18/h4-7,10-12,20-21H,8-9H2,1-3H3. The molecular weight excluding hydrogens is 336 g/mol. The van der Waals surface area contributed by atoms with Gasteiger partial charge in [-0.05, 0) is 55.7 Å². The molecule has 0 saturated carbocycles. The van der Waals surface area contributed by atoms with Crippen molar-refractivity contribution in [2.45, 2.75) is 25.2 Å². The van der Waals surface area contributed by atoms with Gasteiger partial charge in [0, 0.05) is 23.6 Å². The summed E-state index contributed by atoms with van der Waals surface area (Å²) < 4.78 is 33.0. The van der Waals surface area contributed by atoms with Crippen LogP contribution in [0, 0.1) is 13.8 Å². The van der Waals surface area contributed by atoms with E-state index in [9.17, 15) is 8.42 Å². The predicted octanol–water partition coefficient (Wildman–Crippen LogP) is 3.31. The molecule has 0 spiro atoms. The molecule has 0 fully saturated rings. The van der Waals surface area contributed by atoms with Crippen LogP contribution in [0.15, 0.2) is 47.5 Å². The largest absolute Gasteiger partial charge is 0.497 e. The molecule has 0 unspecified atom stereocenters. The third kappa shape index (κ3) is 3.70. The zero-order valence-corrected chi connectivity index (χ0v) is 15.4. The number of aryl methyl sites for hydroxylation is 2. The van der Waals surface area contributed by atoms with Crippen LogP contribution in [0.1, 0.15) is 16.7 Å². The molecule has 0 aliphatic rings. The minimum Gasteiger partial charge on any atom is -0.497 e. The number of nitrogens with one attached hydrogen (secondary N) is 2. The summed E-state index contributed by atoms with van der Waals surface area (Å²) >= 11 is 0. The van der Waals surface area contributed by atoms with Gasteiger partial charge in [-0.2, -0.15) is 0 Å². The van der Waals surface area contributed by atoms with Crippen molar-refractivity contribution < 1.29 is 13.2 Å². The van der Waals surface area contributed by atoms with Crippen LogP contribution in [0.5, 0.6) is 5.75 Å². The lowest BCUT2D eigenvalue weighted by Crippen LogP contribution is -2.26. The highest BCUT2D eigenvalue weighted by Gasteiger charge is 2.16. The van der Waals surface area contributed by atoms with Gasteiger partial charge in [-0.3, -0.25) is 0 Å². The second-order valence-corrected chi connectivity index (χ2v) is 7.88. The van der Waals surface area contributed by atoms with Crippen molar-refractivity contribution in [1.82, 2.24) is 9.71 Å². The molecular formula is C19H22N2O3S. The predicted molar refractivity (Wildman–Crippen MR) is 99.7 cm³/mol. The molecule has 0 amide bonds. The third-order valence-corrected chi connectivity index (χ3v) is 5.90. The molecule has 2 N–H and O–H groups in total. The van der Waals surface area contributed by atoms with E-state index in [1.807, 2.05) is 50.4 Å². The van der Waals surface area contributed by atoms with E-state index < -0.39 is 10.0 Å². The summed E-state index contributed by atoms with van der Waals surface area (Å²) in [6.45, 7) is 4.09. The average Bonchev–Trinajstić information content (AvgIpc) is 2.96. The fourth-order valence-corrected chi connectivity index (χ4v) is 4.25. The number of H-pyrrole nitrogens is 1. The molecule has 3 aromatic rings. The highest BCUT2D eigenvalue weighted by molar-refractivity contribution is 7.89. The molecule has 1 heterocycles. The smallest absolute Gasteiger partial charge is 0.240 e. The maximum atomic E-state index is 12.5. The van der Waals surface area contributed by atoms with E-state index in [0.29, 0.717) is 17.9 Å². The normalized spacial score (nSPS) is 11.8. The zero-order chi connectivity index (χ0) is 18.0. The van der Waals surface area contributed by atoms with Crippen LogP contribution >= 0.6 is 0 Å². The molecule has 0 radical (unpaired) electrons. The van der Waals surface area contributed by atoms with E-state index >= 15 is 0 Å². The number of rotatable bonds is 6. The maximum Gasteiger partial charge on any atom is 0.240 e. The zero-order valence-electron chi connectivity index (χ0n) is 14.6. The fourth-order valence-electron chi connectivity index (χ4n) is 2.99. The van der Waals surface area contributed by atoms with Crippen molar-refractivity contribution in [3.05, 3.63) is 59.3 Å². The first-order chi connectivity index (χ1) is 11.9. The van der Waals surface area contributed by atoms with Crippen LogP contribution in [0.25, 0.3) is 10.9 Å². The van der Waals surface area contributed by atoms with Crippen molar-refractivity contribution in [2.75, 3.05) is 13.7 Å². The Morgan fingerprint density at radius 3 is 2.64 bits per heavy atom. The van der Waals surface area contributed by atoms with Gasteiger partial charge in [0.15, 0.2) is 0 Å². The first kappa shape index (κ1) is 17.5. The second kappa shape index (κ2) is 6.90. The number of aromatic amines is 1. The average molecular weight is 358 g/mol. The van der Waals surface area contributed by atoms with Gasteiger partial charge in [0.25, 0.3) is 0 Å². The Hall–Kier alpha value is -2.31. The van der Waals surface area contributed by atoms with Gasteiger partial charge in [0.2, 0.25) is 10.0 Å². The molecule has 0 atom stereocenters. The SMILES string of the molecule is COc1ccc2[nH]cc(CCNS(=O)(=O)c3ccc(C)cc3C)c2c1. The topological polar surface area (TPSA) is 71.2 Å². The number of benzene rings is 2. The molecule has 2 aromatic carbocycles. The fraction of sp³-hybridized carbons (Fsp3) is 0.263. The summed E-state index contributed by atoms with van der Waals surface area (Å²) in [6.07, 6.45) is 2.51. The van der Waals surface area contributed by atoms with Crippen molar-refractivity contribution in [2.24, 2.45) is 0 Å². The third-order valence-electron chi connectivity index (χ3n) is 4.28. The van der Waals surface area contributed by atoms with Gasteiger partial charge >= 0.3 is 0 Å². The summed E-state index contributed by atoms with van der Waals surface area (Å²) in [5.41, 5.74) is 3.86. The lowest BCUT2D eigenvalue weighted by Gasteiger charge is -2.10. The quantitative estimate of drug-likeness (QED) is 0.710. The number of hydrogen-bond acceptors (Lipinski definition) is 3. The van der Waals surface area contributed by atoms with Gasteiger partial charge in [0.1, 0.15) is 5.75 Å². The van der Waals surface area contributed by atoms with Gasteiger partial charge in [-0.15, -0.1) is 0 Å². The van der Waals surface area contributed by atoms with Crippen LogP contribution in [-0.4, -0.2) is 27.1 Å². The van der Waals surface area contributed by atoms with E-state index in [0.717, 1.165) is 33.3 Å². The second-order valence-electron chi connectivity index (χ2n) is 6.14. The number of ether oxygens (including phenoxy) is 1. The molecule has 6 heteroatoms. The van der Waals surface area contributed by atoms with Crippen LogP contribution in [0.4, 0.5) is 0 Å². The van der Waals surface area contributed by atoms with Gasteiger partial charge < -0.3 is 9.72 Å². The van der Waals surface area contributed by atoms with Crippen molar-refractivity contribution in [3.8, 4) is 5.75 Å². The van der Waals surface area contributed by atoms with Crippen molar-refractivity contribution in [3.63, 3.8) is 0 Å². The lowest BCUT2D eigenvalue weighted by molar-refractivity contribution is 0.415. The van der Waals surface area contributed by atoms with Crippen molar-refractivity contribution >= 4 is 20.9 Å². The van der Waals surface area contributed by atoms with E-state index in [-0.39, 0.29) is 0 Å². The molecule has 132 valence electrons. The molecule has 1 aromatic heterocycles. The molecule has 3 rings (SSSR count). The minimum atomic E-state index is -3.51. The summed E-state index contributed by atoms with van der Waals surface area (Å²) in [4.78, 5) is 3.53. The van der Waals surface area contributed by atoms with Gasteiger partial charge in [-0.1, -0.05) is 17.7 Å². The number of aromatic nitrogens is 1. The molecule has 0 aliphatic carbocycles. The number of fused-ring (bicyclic) bond motifs is 1. The summed E-state index contributed by atoms with van der Waals surface area (Å²) in [6, 6.07) is 11.2. The molecule has 25 heavy (non-hydrogen) atoms. The highest BCUT2D eigenvalue weighted by atomic mass is 32.2. The Morgan fingerprint density at radius 1 is 1.12 bits per heavy atom. The Balaban J connectivity index is 1.74. The molecule has 5 nitrogen and oxygen atoms in total. The number of methoxy groups -OCH3 is 1. The summed E-state index contributed by atoms with van der Waals surface area (Å²) in [5, 5.41) is 1.05. The van der Waals surface area contributed by atoms with Crippen LogP contribution in [-0.2, 0) is 16.4 Å². The molecule has 0 saturated heterocycles. The first-order valence-electron chi connectivity index (χ1n) is 8.11. The summed E-state index contributed by atoms with van der Waals surface area (Å²) in [7, 11) is -1.88. The van der Waals surface area contributed by atoms with E-state index in [4.69, 9.17) is 4.74 Å². The number of hydrogen-bond donors (Lipinski definition) is 2.